The summed E-state index contributed by atoms with van der Waals surface area (Å²) in [6.45, 7) is 6.89. The quantitative estimate of drug-likeness (QED) is 0.368. The molecule has 0 saturated heterocycles. The number of amides is 1. The van der Waals surface area contributed by atoms with Crippen molar-refractivity contribution in [3.63, 3.8) is 0 Å². The van der Waals surface area contributed by atoms with E-state index in [1.807, 2.05) is 0 Å². The molecule has 0 radical (unpaired) electrons. The summed E-state index contributed by atoms with van der Waals surface area (Å²) < 4.78 is 4.71. The van der Waals surface area contributed by atoms with Gasteiger partial charge in [0.25, 0.3) is 5.91 Å². The van der Waals surface area contributed by atoms with Gasteiger partial charge in [-0.15, -0.1) is 0 Å². The molecular formula is C8H11NO2. The third kappa shape index (κ3) is 2.71. The van der Waals surface area contributed by atoms with E-state index < -0.39 is 5.91 Å². The molecule has 0 aromatic carbocycles. The molecule has 0 aromatic rings. The van der Waals surface area contributed by atoms with Gasteiger partial charge < -0.3 is 10.5 Å². The summed E-state index contributed by atoms with van der Waals surface area (Å²) in [5.74, 6) is -0.325. The molecule has 0 aromatic heterocycles. The first-order valence-electron chi connectivity index (χ1n) is 2.99. The first-order valence-corrected chi connectivity index (χ1v) is 2.99. The number of carbonyl (C=O) groups is 1. The standard InChI is InChI=1S/C8H11NO2/c1-4-5-7(8(9)10)6(2)11-3/h4-5H,1-2H2,3H3,(H2,9,10)/b7-5+. The van der Waals surface area contributed by atoms with Crippen molar-refractivity contribution in [1.29, 1.82) is 0 Å². The van der Waals surface area contributed by atoms with Crippen LogP contribution in [0.5, 0.6) is 0 Å². The van der Waals surface area contributed by atoms with E-state index in [0.717, 1.165) is 0 Å². The van der Waals surface area contributed by atoms with Gasteiger partial charge in [-0.2, -0.15) is 0 Å². The number of carbonyl (C=O) groups excluding carboxylic acids is 1. The van der Waals surface area contributed by atoms with E-state index >= 15 is 0 Å². The maximum atomic E-state index is 10.7. The molecule has 3 heteroatoms. The van der Waals surface area contributed by atoms with Gasteiger partial charge in [-0.05, 0) is 6.08 Å². The molecule has 0 spiro atoms. The average molecular weight is 153 g/mol. The Kier molecular flexibility index (Phi) is 3.73. The lowest BCUT2D eigenvalue weighted by Crippen LogP contribution is -2.15. The van der Waals surface area contributed by atoms with Crippen molar-refractivity contribution < 1.29 is 9.53 Å². The van der Waals surface area contributed by atoms with Crippen molar-refractivity contribution in [3.8, 4) is 0 Å². The second kappa shape index (κ2) is 4.33. The van der Waals surface area contributed by atoms with Crippen molar-refractivity contribution >= 4 is 5.91 Å². The second-order valence-electron chi connectivity index (χ2n) is 1.81. The van der Waals surface area contributed by atoms with E-state index in [0.29, 0.717) is 0 Å². The Balaban J connectivity index is 4.61. The molecule has 1 amide bonds. The Morgan fingerprint density at radius 1 is 1.64 bits per heavy atom. The second-order valence-corrected chi connectivity index (χ2v) is 1.81. The highest BCUT2D eigenvalue weighted by Crippen LogP contribution is 2.06. The van der Waals surface area contributed by atoms with Gasteiger partial charge >= 0.3 is 0 Å². The Morgan fingerprint density at radius 3 is 2.45 bits per heavy atom. The number of hydrogen-bond acceptors (Lipinski definition) is 2. The van der Waals surface area contributed by atoms with Crippen LogP contribution in [0.4, 0.5) is 0 Å². The van der Waals surface area contributed by atoms with Crippen LogP contribution in [0.15, 0.2) is 36.6 Å². The van der Waals surface area contributed by atoms with E-state index in [1.165, 1.54) is 19.3 Å². The van der Waals surface area contributed by atoms with Crippen molar-refractivity contribution in [2.45, 2.75) is 0 Å². The van der Waals surface area contributed by atoms with E-state index in [2.05, 4.69) is 13.2 Å². The largest absolute Gasteiger partial charge is 0.497 e. The maximum absolute atomic E-state index is 10.7. The fourth-order valence-corrected chi connectivity index (χ4v) is 0.540. The first kappa shape index (κ1) is 9.49. The zero-order chi connectivity index (χ0) is 8.85. The summed E-state index contributed by atoms with van der Waals surface area (Å²) >= 11 is 0. The normalized spacial score (nSPS) is 10.5. The van der Waals surface area contributed by atoms with Crippen LogP contribution in [-0.4, -0.2) is 13.0 Å². The Morgan fingerprint density at radius 2 is 2.18 bits per heavy atom. The summed E-state index contributed by atoms with van der Waals surface area (Å²) in [4.78, 5) is 10.7. The van der Waals surface area contributed by atoms with Crippen molar-refractivity contribution in [3.05, 3.63) is 36.6 Å². The lowest BCUT2D eigenvalue weighted by atomic mass is 10.2. The van der Waals surface area contributed by atoms with E-state index in [4.69, 9.17) is 10.5 Å². The zero-order valence-corrected chi connectivity index (χ0v) is 6.46. The van der Waals surface area contributed by atoms with Gasteiger partial charge in [0.05, 0.1) is 12.7 Å². The SMILES string of the molecule is C=C/C=C(\C(=C)OC)C(N)=O. The van der Waals surface area contributed by atoms with Crippen molar-refractivity contribution in [1.82, 2.24) is 0 Å². The van der Waals surface area contributed by atoms with E-state index in [1.54, 1.807) is 0 Å². The van der Waals surface area contributed by atoms with Crippen LogP contribution >= 0.6 is 0 Å². The molecule has 0 rings (SSSR count). The lowest BCUT2D eigenvalue weighted by Gasteiger charge is -2.03. The van der Waals surface area contributed by atoms with Crippen LogP contribution in [0.1, 0.15) is 0 Å². The van der Waals surface area contributed by atoms with Gasteiger partial charge in [0.2, 0.25) is 0 Å². The molecule has 0 saturated carbocycles. The van der Waals surface area contributed by atoms with E-state index in [9.17, 15) is 4.79 Å². The zero-order valence-electron chi connectivity index (χ0n) is 6.46. The minimum Gasteiger partial charge on any atom is -0.497 e. The molecule has 0 unspecified atom stereocenters. The molecule has 0 aliphatic rings. The molecule has 0 heterocycles. The van der Waals surface area contributed by atoms with Crippen molar-refractivity contribution in [2.24, 2.45) is 5.73 Å². The number of ether oxygens (including phenoxy) is 1. The third-order valence-electron chi connectivity index (χ3n) is 1.10. The maximum Gasteiger partial charge on any atom is 0.252 e. The van der Waals surface area contributed by atoms with Gasteiger partial charge in [0.15, 0.2) is 0 Å². The smallest absolute Gasteiger partial charge is 0.252 e. The average Bonchev–Trinajstić information content (AvgIpc) is 1.98. The van der Waals surface area contributed by atoms with Crippen LogP contribution in [-0.2, 0) is 9.53 Å². The molecule has 0 fully saturated rings. The highest BCUT2D eigenvalue weighted by atomic mass is 16.5. The van der Waals surface area contributed by atoms with Gasteiger partial charge in [-0.3, -0.25) is 4.79 Å². The Labute approximate surface area is 65.8 Å². The summed E-state index contributed by atoms with van der Waals surface area (Å²) in [6, 6.07) is 0. The highest BCUT2D eigenvalue weighted by molar-refractivity contribution is 5.95. The topological polar surface area (TPSA) is 52.3 Å². The predicted molar refractivity (Wildman–Crippen MR) is 43.6 cm³/mol. The number of nitrogens with two attached hydrogens (primary N) is 1. The molecule has 3 nitrogen and oxygen atoms in total. The van der Waals surface area contributed by atoms with Crippen LogP contribution in [0, 0.1) is 0 Å². The molecule has 60 valence electrons. The van der Waals surface area contributed by atoms with Gasteiger partial charge in [0.1, 0.15) is 5.76 Å². The van der Waals surface area contributed by atoms with E-state index in [-0.39, 0.29) is 11.3 Å². The van der Waals surface area contributed by atoms with Crippen LogP contribution in [0.25, 0.3) is 0 Å². The fourth-order valence-electron chi connectivity index (χ4n) is 0.540. The van der Waals surface area contributed by atoms with Gasteiger partial charge in [0, 0.05) is 0 Å². The predicted octanol–water partition coefficient (Wildman–Crippen LogP) is 0.744. The summed E-state index contributed by atoms with van der Waals surface area (Å²) in [6.07, 6.45) is 2.90. The summed E-state index contributed by atoms with van der Waals surface area (Å²) in [7, 11) is 1.42. The van der Waals surface area contributed by atoms with Crippen molar-refractivity contribution in [2.75, 3.05) is 7.11 Å². The van der Waals surface area contributed by atoms with Crippen LogP contribution in [0.2, 0.25) is 0 Å². The number of rotatable bonds is 4. The monoisotopic (exact) mass is 153 g/mol. The Hall–Kier alpha value is -1.51. The highest BCUT2D eigenvalue weighted by Gasteiger charge is 2.07. The minimum atomic E-state index is -0.572. The summed E-state index contributed by atoms with van der Waals surface area (Å²) in [5, 5.41) is 0. The number of primary amides is 1. The van der Waals surface area contributed by atoms with Gasteiger partial charge in [-0.25, -0.2) is 0 Å². The molecular weight excluding hydrogens is 142 g/mol. The number of hydrogen-bond donors (Lipinski definition) is 1. The first-order chi connectivity index (χ1) is 5.13. The van der Waals surface area contributed by atoms with Crippen LogP contribution < -0.4 is 5.73 Å². The lowest BCUT2D eigenvalue weighted by molar-refractivity contribution is -0.114. The minimum absolute atomic E-state index is 0.238. The number of methoxy groups -OCH3 is 1. The summed E-state index contributed by atoms with van der Waals surface area (Å²) in [5.41, 5.74) is 5.24. The molecule has 11 heavy (non-hydrogen) atoms. The van der Waals surface area contributed by atoms with Gasteiger partial charge in [-0.1, -0.05) is 19.2 Å². The molecule has 0 aliphatic heterocycles. The third-order valence-corrected chi connectivity index (χ3v) is 1.10. The number of allylic oxidation sites excluding steroid dienone is 2. The molecule has 0 atom stereocenters. The Bertz CT molecular complexity index is 216. The molecule has 0 bridgehead atoms. The van der Waals surface area contributed by atoms with Crippen LogP contribution in [0.3, 0.4) is 0 Å². The molecule has 2 N–H and O–H groups in total. The molecule has 0 aliphatic carbocycles. The fraction of sp³-hybridized carbons (Fsp3) is 0.125.